The summed E-state index contributed by atoms with van der Waals surface area (Å²) in [6.07, 6.45) is 2.23. The Bertz CT molecular complexity index is 377. The summed E-state index contributed by atoms with van der Waals surface area (Å²) in [4.78, 5) is 2.25. The van der Waals surface area contributed by atoms with Gasteiger partial charge in [-0.05, 0) is 40.4 Å². The van der Waals surface area contributed by atoms with Crippen LogP contribution in [0.1, 0.15) is 26.3 Å². The van der Waals surface area contributed by atoms with Gasteiger partial charge in [0.15, 0.2) is 0 Å². The number of nitrogens with zero attached hydrogens (tertiary/aromatic N) is 1. The molecule has 1 aromatic carbocycles. The Labute approximate surface area is 112 Å². The van der Waals surface area contributed by atoms with Gasteiger partial charge in [0.25, 0.3) is 0 Å². The highest BCUT2D eigenvalue weighted by molar-refractivity contribution is 5.52. The van der Waals surface area contributed by atoms with Crippen molar-refractivity contribution in [2.45, 2.75) is 26.3 Å². The molecule has 18 heavy (non-hydrogen) atoms. The van der Waals surface area contributed by atoms with Crippen molar-refractivity contribution in [3.05, 3.63) is 41.5 Å². The van der Waals surface area contributed by atoms with Gasteiger partial charge >= 0.3 is 0 Å². The number of rotatable bonds is 6. The van der Waals surface area contributed by atoms with Crippen LogP contribution in [0.25, 0.3) is 6.08 Å². The largest absolute Gasteiger partial charge is 0.311 e. The predicted octanol–water partition coefficient (Wildman–Crippen LogP) is 3.02. The van der Waals surface area contributed by atoms with Crippen molar-refractivity contribution in [1.29, 1.82) is 0 Å². The van der Waals surface area contributed by atoms with Crippen LogP contribution in [0.3, 0.4) is 0 Å². The normalized spacial score (nSPS) is 13.1. The molecule has 2 nitrogen and oxygen atoms in total. The minimum absolute atomic E-state index is 0.188. The van der Waals surface area contributed by atoms with E-state index in [2.05, 4.69) is 75.4 Å². The maximum absolute atomic E-state index is 3.52. The third kappa shape index (κ3) is 5.03. The Morgan fingerprint density at radius 1 is 1.22 bits per heavy atom. The molecule has 0 saturated heterocycles. The molecule has 0 spiro atoms. The molecule has 0 heterocycles. The summed E-state index contributed by atoms with van der Waals surface area (Å²) in [5, 5.41) is 3.52. The molecule has 0 atom stereocenters. The topological polar surface area (TPSA) is 15.3 Å². The average molecular weight is 246 g/mol. The van der Waals surface area contributed by atoms with Crippen molar-refractivity contribution >= 4 is 6.08 Å². The molecular weight excluding hydrogens is 220 g/mol. The quantitative estimate of drug-likeness (QED) is 0.830. The van der Waals surface area contributed by atoms with Gasteiger partial charge in [-0.1, -0.05) is 42.0 Å². The first-order chi connectivity index (χ1) is 8.42. The van der Waals surface area contributed by atoms with Crippen molar-refractivity contribution in [3.63, 3.8) is 0 Å². The van der Waals surface area contributed by atoms with Crippen LogP contribution < -0.4 is 5.32 Å². The second-order valence-corrected chi connectivity index (χ2v) is 5.71. The monoisotopic (exact) mass is 246 g/mol. The van der Waals surface area contributed by atoms with Crippen LogP contribution >= 0.6 is 0 Å². The Hall–Kier alpha value is -1.12. The summed E-state index contributed by atoms with van der Waals surface area (Å²) in [6.45, 7) is 8.58. The molecular formula is C16H26N2. The zero-order chi connectivity index (χ0) is 13.6. The molecule has 1 N–H and O–H groups in total. The summed E-state index contributed by atoms with van der Waals surface area (Å²) in [5.41, 5.74) is 2.81. The molecule has 1 aromatic rings. The SMILES string of the molecule is C/C(=C\c1ccccc1)CNCC(C)(C)N(C)C. The minimum Gasteiger partial charge on any atom is -0.311 e. The first-order valence-corrected chi connectivity index (χ1v) is 6.52. The fourth-order valence-corrected chi connectivity index (χ4v) is 1.61. The summed E-state index contributed by atoms with van der Waals surface area (Å²) in [7, 11) is 4.24. The first kappa shape index (κ1) is 14.9. The maximum atomic E-state index is 3.52. The van der Waals surface area contributed by atoms with E-state index in [-0.39, 0.29) is 5.54 Å². The number of hydrogen-bond acceptors (Lipinski definition) is 2. The van der Waals surface area contributed by atoms with Crippen LogP contribution in [0, 0.1) is 0 Å². The van der Waals surface area contributed by atoms with Crippen molar-refractivity contribution in [2.75, 3.05) is 27.2 Å². The first-order valence-electron chi connectivity index (χ1n) is 6.52. The molecule has 0 aliphatic carbocycles. The van der Waals surface area contributed by atoms with E-state index in [4.69, 9.17) is 0 Å². The molecule has 0 radical (unpaired) electrons. The molecule has 0 aromatic heterocycles. The summed E-state index contributed by atoms with van der Waals surface area (Å²) in [6, 6.07) is 10.5. The van der Waals surface area contributed by atoms with Crippen LogP contribution in [-0.2, 0) is 0 Å². The molecule has 0 amide bonds. The van der Waals surface area contributed by atoms with Crippen molar-refractivity contribution in [3.8, 4) is 0 Å². The number of benzene rings is 1. The van der Waals surface area contributed by atoms with Gasteiger partial charge in [-0.2, -0.15) is 0 Å². The standard InChI is InChI=1S/C16H26N2/c1-14(11-15-9-7-6-8-10-15)12-17-13-16(2,3)18(4)5/h6-11,17H,12-13H2,1-5H3/b14-11+. The van der Waals surface area contributed by atoms with E-state index in [1.807, 2.05) is 6.07 Å². The Morgan fingerprint density at radius 3 is 2.39 bits per heavy atom. The highest BCUT2D eigenvalue weighted by Crippen LogP contribution is 2.09. The predicted molar refractivity (Wildman–Crippen MR) is 80.7 cm³/mol. The van der Waals surface area contributed by atoms with E-state index < -0.39 is 0 Å². The lowest BCUT2D eigenvalue weighted by Gasteiger charge is -2.32. The molecule has 0 unspecified atom stereocenters. The van der Waals surface area contributed by atoms with Gasteiger partial charge in [-0.25, -0.2) is 0 Å². The zero-order valence-electron chi connectivity index (χ0n) is 12.3. The van der Waals surface area contributed by atoms with E-state index >= 15 is 0 Å². The molecule has 2 heteroatoms. The van der Waals surface area contributed by atoms with Crippen molar-refractivity contribution in [1.82, 2.24) is 10.2 Å². The Kier molecular flexibility index (Phi) is 5.57. The smallest absolute Gasteiger partial charge is 0.0271 e. The van der Waals surface area contributed by atoms with Gasteiger partial charge in [0.05, 0.1) is 0 Å². The number of hydrogen-bond donors (Lipinski definition) is 1. The molecule has 0 fully saturated rings. The van der Waals surface area contributed by atoms with E-state index in [0.29, 0.717) is 0 Å². The summed E-state index contributed by atoms with van der Waals surface area (Å²) >= 11 is 0. The van der Waals surface area contributed by atoms with Crippen molar-refractivity contribution < 1.29 is 0 Å². The van der Waals surface area contributed by atoms with E-state index in [1.54, 1.807) is 0 Å². The molecule has 100 valence electrons. The number of nitrogens with one attached hydrogen (secondary N) is 1. The molecule has 0 aliphatic heterocycles. The van der Waals surface area contributed by atoms with Crippen LogP contribution in [0.5, 0.6) is 0 Å². The maximum Gasteiger partial charge on any atom is 0.0271 e. The molecule has 1 rings (SSSR count). The van der Waals surface area contributed by atoms with E-state index in [0.717, 1.165) is 13.1 Å². The van der Waals surface area contributed by atoms with Gasteiger partial charge < -0.3 is 10.2 Å². The van der Waals surface area contributed by atoms with Gasteiger partial charge in [0.1, 0.15) is 0 Å². The molecule has 0 aliphatic rings. The highest BCUT2D eigenvalue weighted by atomic mass is 15.2. The second kappa shape index (κ2) is 6.72. The highest BCUT2D eigenvalue weighted by Gasteiger charge is 2.19. The van der Waals surface area contributed by atoms with Gasteiger partial charge in [0, 0.05) is 18.6 Å². The lowest BCUT2D eigenvalue weighted by Crippen LogP contribution is -2.46. The Balaban J connectivity index is 2.43. The molecule has 0 saturated carbocycles. The van der Waals surface area contributed by atoms with Crippen LogP contribution in [0.15, 0.2) is 35.9 Å². The number of likely N-dealkylation sites (N-methyl/N-ethyl adjacent to an activating group) is 1. The third-order valence-electron chi connectivity index (χ3n) is 3.38. The van der Waals surface area contributed by atoms with Gasteiger partial charge in [0.2, 0.25) is 0 Å². The van der Waals surface area contributed by atoms with Crippen LogP contribution in [0.2, 0.25) is 0 Å². The zero-order valence-corrected chi connectivity index (χ0v) is 12.3. The molecule has 0 bridgehead atoms. The summed E-state index contributed by atoms with van der Waals surface area (Å²) in [5.74, 6) is 0. The van der Waals surface area contributed by atoms with Gasteiger partial charge in [-0.15, -0.1) is 0 Å². The lowest BCUT2D eigenvalue weighted by molar-refractivity contribution is 0.192. The van der Waals surface area contributed by atoms with Crippen LogP contribution in [-0.4, -0.2) is 37.6 Å². The lowest BCUT2D eigenvalue weighted by atomic mass is 10.0. The minimum atomic E-state index is 0.188. The third-order valence-corrected chi connectivity index (χ3v) is 3.38. The summed E-state index contributed by atoms with van der Waals surface area (Å²) < 4.78 is 0. The Morgan fingerprint density at radius 2 is 1.83 bits per heavy atom. The van der Waals surface area contributed by atoms with Gasteiger partial charge in [-0.3, -0.25) is 0 Å². The second-order valence-electron chi connectivity index (χ2n) is 5.71. The fourth-order valence-electron chi connectivity index (χ4n) is 1.61. The van der Waals surface area contributed by atoms with E-state index in [9.17, 15) is 0 Å². The fraction of sp³-hybridized carbons (Fsp3) is 0.500. The average Bonchev–Trinajstić information content (AvgIpc) is 2.29. The van der Waals surface area contributed by atoms with Crippen LogP contribution in [0.4, 0.5) is 0 Å². The van der Waals surface area contributed by atoms with E-state index in [1.165, 1.54) is 11.1 Å². The van der Waals surface area contributed by atoms with Crippen molar-refractivity contribution in [2.24, 2.45) is 0 Å².